The first-order valence-electron chi connectivity index (χ1n) is 6.59. The van der Waals surface area contributed by atoms with Crippen molar-refractivity contribution in [3.63, 3.8) is 0 Å². The first-order chi connectivity index (χ1) is 9.11. The van der Waals surface area contributed by atoms with Crippen LogP contribution in [0.4, 0.5) is 0 Å². The van der Waals surface area contributed by atoms with Crippen LogP contribution in [0.1, 0.15) is 30.6 Å². The molecule has 4 heteroatoms. The minimum atomic E-state index is -0.0199. The van der Waals surface area contributed by atoms with Crippen molar-refractivity contribution in [2.45, 2.75) is 26.3 Å². The predicted molar refractivity (Wildman–Crippen MR) is 81.6 cm³/mol. The fraction of sp³-hybridized carbons (Fsp3) is 0.400. The Bertz CT molecular complexity index is 562. The highest BCUT2D eigenvalue weighted by atomic mass is 32.1. The molecule has 3 N–H and O–H groups in total. The third-order valence-electron chi connectivity index (χ3n) is 3.10. The van der Waals surface area contributed by atoms with E-state index in [4.69, 9.17) is 5.73 Å². The summed E-state index contributed by atoms with van der Waals surface area (Å²) >= 11 is 1.60. The molecule has 0 spiro atoms. The quantitative estimate of drug-likeness (QED) is 0.882. The normalized spacial score (nSPS) is 12.8. The van der Waals surface area contributed by atoms with Gasteiger partial charge in [-0.15, -0.1) is 11.3 Å². The van der Waals surface area contributed by atoms with E-state index in [1.54, 1.807) is 11.3 Å². The minimum absolute atomic E-state index is 0.0199. The maximum absolute atomic E-state index is 12.3. The van der Waals surface area contributed by atoms with Gasteiger partial charge in [0.15, 0.2) is 0 Å². The highest BCUT2D eigenvalue weighted by Crippen LogP contribution is 2.25. The van der Waals surface area contributed by atoms with E-state index in [2.05, 4.69) is 19.2 Å². The van der Waals surface area contributed by atoms with Crippen LogP contribution in [0.25, 0.3) is 10.1 Å². The van der Waals surface area contributed by atoms with Crippen LogP contribution in [0, 0.1) is 5.92 Å². The van der Waals surface area contributed by atoms with Crippen molar-refractivity contribution < 1.29 is 4.79 Å². The topological polar surface area (TPSA) is 55.1 Å². The van der Waals surface area contributed by atoms with Crippen LogP contribution >= 0.6 is 11.3 Å². The second kappa shape index (κ2) is 6.17. The standard InChI is InChI=1S/C15H20N2OS/c1-10(2)7-11(8-16)17-15(18)13-9-19-14-6-4-3-5-12(13)14/h3-6,9-11H,7-8,16H2,1-2H3,(H,17,18). The van der Waals surface area contributed by atoms with Crippen molar-refractivity contribution in [2.75, 3.05) is 6.54 Å². The zero-order valence-electron chi connectivity index (χ0n) is 11.3. The molecule has 102 valence electrons. The number of carbonyl (C=O) groups is 1. The van der Waals surface area contributed by atoms with E-state index < -0.39 is 0 Å². The fourth-order valence-corrected chi connectivity index (χ4v) is 3.14. The molecular formula is C15H20N2OS. The highest BCUT2D eigenvalue weighted by molar-refractivity contribution is 7.17. The second-order valence-electron chi connectivity index (χ2n) is 5.18. The summed E-state index contributed by atoms with van der Waals surface area (Å²) in [6.07, 6.45) is 0.907. The molecule has 0 saturated carbocycles. The second-order valence-corrected chi connectivity index (χ2v) is 6.09. The van der Waals surface area contributed by atoms with Crippen LogP contribution in [0.5, 0.6) is 0 Å². The lowest BCUT2D eigenvalue weighted by Gasteiger charge is -2.18. The van der Waals surface area contributed by atoms with E-state index in [0.29, 0.717) is 12.5 Å². The largest absolute Gasteiger partial charge is 0.348 e. The number of hydrogen-bond acceptors (Lipinski definition) is 3. The molecule has 0 aliphatic rings. The summed E-state index contributed by atoms with van der Waals surface area (Å²) in [5, 5.41) is 5.97. The average Bonchev–Trinajstić information content (AvgIpc) is 2.81. The Morgan fingerprint density at radius 3 is 2.79 bits per heavy atom. The number of nitrogens with two attached hydrogens (primary N) is 1. The molecule has 0 fully saturated rings. The number of hydrogen-bond donors (Lipinski definition) is 2. The molecule has 3 nitrogen and oxygen atoms in total. The van der Waals surface area contributed by atoms with Crippen LogP contribution in [0.15, 0.2) is 29.6 Å². The molecule has 0 aliphatic heterocycles. The van der Waals surface area contributed by atoms with Gasteiger partial charge in [-0.3, -0.25) is 4.79 Å². The van der Waals surface area contributed by atoms with Crippen LogP contribution in [0.3, 0.4) is 0 Å². The van der Waals surface area contributed by atoms with E-state index in [9.17, 15) is 4.79 Å². The van der Waals surface area contributed by atoms with Crippen molar-refractivity contribution in [3.8, 4) is 0 Å². The summed E-state index contributed by atoms with van der Waals surface area (Å²) < 4.78 is 1.14. The van der Waals surface area contributed by atoms with E-state index in [1.165, 1.54) is 0 Å². The van der Waals surface area contributed by atoms with Crippen molar-refractivity contribution in [1.82, 2.24) is 5.32 Å². The van der Waals surface area contributed by atoms with Crippen molar-refractivity contribution in [1.29, 1.82) is 0 Å². The summed E-state index contributed by atoms with van der Waals surface area (Å²) in [5.74, 6) is 0.501. The molecule has 1 heterocycles. The molecule has 19 heavy (non-hydrogen) atoms. The third-order valence-corrected chi connectivity index (χ3v) is 4.06. The van der Waals surface area contributed by atoms with Gasteiger partial charge in [-0.25, -0.2) is 0 Å². The lowest BCUT2D eigenvalue weighted by molar-refractivity contribution is 0.0936. The van der Waals surface area contributed by atoms with Gasteiger partial charge >= 0.3 is 0 Å². The molecule has 1 unspecified atom stereocenters. The van der Waals surface area contributed by atoms with Crippen LogP contribution in [-0.2, 0) is 0 Å². The molecule has 1 amide bonds. The molecule has 0 saturated heterocycles. The lowest BCUT2D eigenvalue weighted by atomic mass is 10.0. The zero-order chi connectivity index (χ0) is 13.8. The Labute approximate surface area is 117 Å². The number of rotatable bonds is 5. The van der Waals surface area contributed by atoms with E-state index in [0.717, 1.165) is 22.1 Å². The van der Waals surface area contributed by atoms with Gasteiger partial charge in [0.25, 0.3) is 5.91 Å². The van der Waals surface area contributed by atoms with Crippen molar-refractivity contribution in [2.24, 2.45) is 11.7 Å². The number of amides is 1. The number of fused-ring (bicyclic) bond motifs is 1. The molecule has 1 atom stereocenters. The molecule has 1 aromatic heterocycles. The smallest absolute Gasteiger partial charge is 0.253 e. The van der Waals surface area contributed by atoms with Gasteiger partial charge in [0.2, 0.25) is 0 Å². The van der Waals surface area contributed by atoms with E-state index in [-0.39, 0.29) is 11.9 Å². The summed E-state index contributed by atoms with van der Waals surface area (Å²) in [6, 6.07) is 8.01. The number of benzene rings is 1. The van der Waals surface area contributed by atoms with Gasteiger partial charge in [-0.2, -0.15) is 0 Å². The maximum Gasteiger partial charge on any atom is 0.253 e. The molecule has 0 bridgehead atoms. The summed E-state index contributed by atoms with van der Waals surface area (Å²) in [6.45, 7) is 4.75. The average molecular weight is 276 g/mol. The Hall–Kier alpha value is -1.39. The van der Waals surface area contributed by atoms with Gasteiger partial charge in [0.1, 0.15) is 0 Å². The van der Waals surface area contributed by atoms with Gasteiger partial charge in [-0.1, -0.05) is 32.0 Å². The maximum atomic E-state index is 12.3. The Balaban J connectivity index is 2.15. The molecule has 0 radical (unpaired) electrons. The highest BCUT2D eigenvalue weighted by Gasteiger charge is 2.16. The first-order valence-corrected chi connectivity index (χ1v) is 7.47. The van der Waals surface area contributed by atoms with Crippen LogP contribution < -0.4 is 11.1 Å². The molecule has 0 aliphatic carbocycles. The minimum Gasteiger partial charge on any atom is -0.348 e. The van der Waals surface area contributed by atoms with Gasteiger partial charge in [0, 0.05) is 28.1 Å². The summed E-state index contributed by atoms with van der Waals surface area (Å²) in [4.78, 5) is 12.3. The van der Waals surface area contributed by atoms with Gasteiger partial charge in [-0.05, 0) is 18.4 Å². The summed E-state index contributed by atoms with van der Waals surface area (Å²) in [5.41, 5.74) is 6.48. The van der Waals surface area contributed by atoms with Crippen molar-refractivity contribution >= 4 is 27.3 Å². The van der Waals surface area contributed by atoms with Crippen LogP contribution in [0.2, 0.25) is 0 Å². The zero-order valence-corrected chi connectivity index (χ0v) is 12.2. The van der Waals surface area contributed by atoms with Crippen molar-refractivity contribution in [3.05, 3.63) is 35.2 Å². The Morgan fingerprint density at radius 2 is 2.11 bits per heavy atom. The SMILES string of the molecule is CC(C)CC(CN)NC(=O)c1csc2ccccc12. The molecular weight excluding hydrogens is 256 g/mol. The third kappa shape index (κ3) is 3.33. The van der Waals surface area contributed by atoms with Gasteiger partial charge in [0.05, 0.1) is 5.56 Å². The van der Waals surface area contributed by atoms with Crippen LogP contribution in [-0.4, -0.2) is 18.5 Å². The number of carbonyl (C=O) groups excluding carboxylic acids is 1. The van der Waals surface area contributed by atoms with Gasteiger partial charge < -0.3 is 11.1 Å². The van der Waals surface area contributed by atoms with E-state index in [1.807, 2.05) is 29.6 Å². The lowest BCUT2D eigenvalue weighted by Crippen LogP contribution is -2.40. The summed E-state index contributed by atoms with van der Waals surface area (Å²) in [7, 11) is 0. The Kier molecular flexibility index (Phi) is 4.56. The monoisotopic (exact) mass is 276 g/mol. The fourth-order valence-electron chi connectivity index (χ4n) is 2.20. The first kappa shape index (κ1) is 14.0. The van der Waals surface area contributed by atoms with E-state index >= 15 is 0 Å². The molecule has 2 aromatic rings. The predicted octanol–water partition coefficient (Wildman–Crippen LogP) is 3.00. The number of nitrogens with one attached hydrogen (secondary N) is 1. The molecule has 2 rings (SSSR count). The Morgan fingerprint density at radius 1 is 1.37 bits per heavy atom. The molecule has 1 aromatic carbocycles. The number of thiophene rings is 1.